The van der Waals surface area contributed by atoms with Crippen molar-refractivity contribution < 1.29 is 4.74 Å². The molecule has 0 amide bonds. The van der Waals surface area contributed by atoms with Crippen molar-refractivity contribution in [2.45, 2.75) is 13.2 Å². The van der Waals surface area contributed by atoms with Crippen molar-refractivity contribution >= 4 is 17.4 Å². The fourth-order valence-corrected chi connectivity index (χ4v) is 1.60. The van der Waals surface area contributed by atoms with Gasteiger partial charge in [-0.05, 0) is 0 Å². The first-order valence-corrected chi connectivity index (χ1v) is 5.76. The molecule has 2 rings (SSSR count). The zero-order valence-electron chi connectivity index (χ0n) is 9.88. The Morgan fingerprint density at radius 2 is 2.33 bits per heavy atom. The number of aromatic nitrogens is 5. The van der Waals surface area contributed by atoms with E-state index in [1.165, 1.54) is 0 Å². The highest BCUT2D eigenvalue weighted by molar-refractivity contribution is 6.29. The second-order valence-electron chi connectivity index (χ2n) is 3.52. The number of nitrogens with one attached hydrogen (secondary N) is 1. The Hall–Kier alpha value is -1.73. The van der Waals surface area contributed by atoms with Gasteiger partial charge in [0.25, 0.3) is 0 Å². The minimum absolute atomic E-state index is 0.332. The highest BCUT2D eigenvalue weighted by Gasteiger charge is 2.02. The topological polar surface area (TPSA) is 77.8 Å². The summed E-state index contributed by atoms with van der Waals surface area (Å²) in [4.78, 5) is 8.31. The normalized spacial score (nSPS) is 10.6. The summed E-state index contributed by atoms with van der Waals surface area (Å²) >= 11 is 5.89. The summed E-state index contributed by atoms with van der Waals surface area (Å²) in [6.07, 6.45) is 3.43. The number of nitrogens with zero attached hydrogens (tertiary/aromatic N) is 5. The molecule has 1 N–H and O–H groups in total. The van der Waals surface area contributed by atoms with E-state index in [0.717, 1.165) is 0 Å². The number of ether oxygens (including phenoxy) is 1. The monoisotopic (exact) mass is 268 g/mol. The van der Waals surface area contributed by atoms with E-state index in [0.29, 0.717) is 36.5 Å². The fraction of sp³-hybridized carbons (Fsp3) is 0.400. The van der Waals surface area contributed by atoms with Crippen LogP contribution in [0.1, 0.15) is 5.82 Å². The van der Waals surface area contributed by atoms with Gasteiger partial charge in [0.1, 0.15) is 17.6 Å². The molecule has 2 heterocycles. The van der Waals surface area contributed by atoms with E-state index >= 15 is 0 Å². The molecule has 0 fully saturated rings. The number of hydrogen-bond donors (Lipinski definition) is 1. The lowest BCUT2D eigenvalue weighted by molar-refractivity contribution is 0.178. The maximum Gasteiger partial charge on any atom is 0.158 e. The summed E-state index contributed by atoms with van der Waals surface area (Å²) < 4.78 is 6.70. The van der Waals surface area contributed by atoms with Crippen molar-refractivity contribution in [3.63, 3.8) is 0 Å². The summed E-state index contributed by atoms with van der Waals surface area (Å²) in [6, 6.07) is 1.67. The zero-order chi connectivity index (χ0) is 12.8. The highest BCUT2D eigenvalue weighted by atomic mass is 35.5. The quantitative estimate of drug-likeness (QED) is 0.787. The van der Waals surface area contributed by atoms with Crippen LogP contribution in [0.3, 0.4) is 0 Å². The fourth-order valence-electron chi connectivity index (χ4n) is 1.40. The number of anilines is 1. The van der Waals surface area contributed by atoms with Gasteiger partial charge in [-0.2, -0.15) is 0 Å². The SMILES string of the molecule is COCc1nc(Cl)cc(NCCn2ccnn2)n1. The molecule has 0 bridgehead atoms. The smallest absolute Gasteiger partial charge is 0.158 e. The van der Waals surface area contributed by atoms with Crippen LogP contribution >= 0.6 is 11.6 Å². The highest BCUT2D eigenvalue weighted by Crippen LogP contribution is 2.11. The van der Waals surface area contributed by atoms with Crippen molar-refractivity contribution in [3.05, 3.63) is 29.4 Å². The number of halogens is 1. The minimum atomic E-state index is 0.332. The molecule has 96 valence electrons. The number of hydrogen-bond acceptors (Lipinski definition) is 6. The second-order valence-corrected chi connectivity index (χ2v) is 3.91. The third-order valence-corrected chi connectivity index (χ3v) is 2.33. The summed E-state index contributed by atoms with van der Waals surface area (Å²) in [7, 11) is 1.59. The van der Waals surface area contributed by atoms with Crippen LogP contribution in [0.25, 0.3) is 0 Å². The Balaban J connectivity index is 1.92. The van der Waals surface area contributed by atoms with Gasteiger partial charge in [0.05, 0.1) is 12.7 Å². The number of rotatable bonds is 6. The summed E-state index contributed by atoms with van der Waals surface area (Å²) in [6.45, 7) is 1.70. The zero-order valence-corrected chi connectivity index (χ0v) is 10.6. The van der Waals surface area contributed by atoms with Crippen molar-refractivity contribution in [1.29, 1.82) is 0 Å². The van der Waals surface area contributed by atoms with Gasteiger partial charge in [-0.3, -0.25) is 4.68 Å². The van der Waals surface area contributed by atoms with E-state index in [1.54, 1.807) is 30.3 Å². The third-order valence-electron chi connectivity index (χ3n) is 2.13. The Bertz CT molecular complexity index is 489. The Morgan fingerprint density at radius 1 is 1.44 bits per heavy atom. The van der Waals surface area contributed by atoms with Crippen LogP contribution in [0.15, 0.2) is 18.5 Å². The van der Waals surface area contributed by atoms with Gasteiger partial charge in [-0.25, -0.2) is 9.97 Å². The van der Waals surface area contributed by atoms with Crippen LogP contribution in [0, 0.1) is 0 Å². The van der Waals surface area contributed by atoms with Gasteiger partial charge in [0, 0.05) is 25.9 Å². The molecule has 0 aromatic carbocycles. The standard InChI is InChI=1S/C10H13ClN6O/c1-18-7-10-14-8(11)6-9(15-10)12-2-4-17-5-3-13-16-17/h3,5-6H,2,4,7H2,1H3,(H,12,14,15). The van der Waals surface area contributed by atoms with Crippen molar-refractivity contribution in [1.82, 2.24) is 25.0 Å². The van der Waals surface area contributed by atoms with Crippen molar-refractivity contribution in [2.75, 3.05) is 19.0 Å². The van der Waals surface area contributed by atoms with Crippen LogP contribution in [0.4, 0.5) is 5.82 Å². The van der Waals surface area contributed by atoms with Crippen LogP contribution in [0.5, 0.6) is 0 Å². The average Bonchev–Trinajstić information content (AvgIpc) is 2.82. The van der Waals surface area contributed by atoms with Crippen molar-refractivity contribution in [3.8, 4) is 0 Å². The Kier molecular flexibility index (Phi) is 4.43. The lowest BCUT2D eigenvalue weighted by Crippen LogP contribution is -2.13. The van der Waals surface area contributed by atoms with Gasteiger partial charge in [-0.1, -0.05) is 16.8 Å². The van der Waals surface area contributed by atoms with Crippen molar-refractivity contribution in [2.24, 2.45) is 0 Å². The Morgan fingerprint density at radius 3 is 3.06 bits per heavy atom. The molecular weight excluding hydrogens is 256 g/mol. The first-order valence-electron chi connectivity index (χ1n) is 5.38. The van der Waals surface area contributed by atoms with Crippen LogP contribution in [-0.4, -0.2) is 38.6 Å². The van der Waals surface area contributed by atoms with E-state index in [9.17, 15) is 0 Å². The van der Waals surface area contributed by atoms with E-state index in [4.69, 9.17) is 16.3 Å². The van der Waals surface area contributed by atoms with E-state index in [-0.39, 0.29) is 0 Å². The molecule has 0 aliphatic heterocycles. The summed E-state index contributed by atoms with van der Waals surface area (Å²) in [5.74, 6) is 1.22. The van der Waals surface area contributed by atoms with E-state index in [2.05, 4.69) is 25.6 Å². The molecule has 8 heteroatoms. The van der Waals surface area contributed by atoms with Gasteiger partial charge in [0.2, 0.25) is 0 Å². The van der Waals surface area contributed by atoms with Crippen LogP contribution in [0.2, 0.25) is 5.15 Å². The largest absolute Gasteiger partial charge is 0.377 e. The molecule has 2 aromatic rings. The third kappa shape index (κ3) is 3.64. The second kappa shape index (κ2) is 6.27. The molecule has 0 radical (unpaired) electrons. The average molecular weight is 269 g/mol. The molecule has 0 aliphatic carbocycles. The minimum Gasteiger partial charge on any atom is -0.377 e. The van der Waals surface area contributed by atoms with Gasteiger partial charge in [-0.15, -0.1) is 5.10 Å². The molecular formula is C10H13ClN6O. The predicted molar refractivity (Wildman–Crippen MR) is 66.3 cm³/mol. The molecule has 0 unspecified atom stereocenters. The maximum absolute atomic E-state index is 5.89. The number of methoxy groups -OCH3 is 1. The van der Waals surface area contributed by atoms with E-state index in [1.807, 2.05) is 0 Å². The Labute approximate surface area is 109 Å². The lowest BCUT2D eigenvalue weighted by Gasteiger charge is -2.07. The molecule has 0 spiro atoms. The van der Waals surface area contributed by atoms with Gasteiger partial charge >= 0.3 is 0 Å². The molecule has 18 heavy (non-hydrogen) atoms. The summed E-state index contributed by atoms with van der Waals surface area (Å²) in [5.41, 5.74) is 0. The van der Waals surface area contributed by atoms with E-state index < -0.39 is 0 Å². The molecule has 0 saturated heterocycles. The first kappa shape index (κ1) is 12.7. The predicted octanol–water partition coefficient (Wildman–Crippen LogP) is 0.980. The van der Waals surface area contributed by atoms with Crippen LogP contribution < -0.4 is 5.32 Å². The molecule has 2 aromatic heterocycles. The summed E-state index contributed by atoms with van der Waals surface area (Å²) in [5, 5.41) is 11.1. The lowest BCUT2D eigenvalue weighted by atomic mass is 10.5. The first-order chi connectivity index (χ1) is 8.78. The molecule has 0 saturated carbocycles. The van der Waals surface area contributed by atoms with Crippen LogP contribution in [-0.2, 0) is 17.9 Å². The molecule has 0 aliphatic rings. The molecule has 0 atom stereocenters. The maximum atomic E-state index is 5.89. The van der Waals surface area contributed by atoms with Gasteiger partial charge in [0.15, 0.2) is 5.82 Å². The van der Waals surface area contributed by atoms with Gasteiger partial charge < -0.3 is 10.1 Å². The molecule has 7 nitrogen and oxygen atoms in total.